The van der Waals surface area contributed by atoms with E-state index >= 15 is 0 Å². The van der Waals surface area contributed by atoms with Crippen molar-refractivity contribution >= 4 is 22.0 Å². The van der Waals surface area contributed by atoms with Gasteiger partial charge in [0.15, 0.2) is 0 Å². The molecule has 142 valence electrons. The highest BCUT2D eigenvalue weighted by Crippen LogP contribution is 2.22. The molecule has 0 saturated carbocycles. The van der Waals surface area contributed by atoms with Crippen LogP contribution in [0.5, 0.6) is 0 Å². The Bertz CT molecular complexity index is 527. The van der Waals surface area contributed by atoms with Gasteiger partial charge in [0.25, 0.3) is 0 Å². The van der Waals surface area contributed by atoms with E-state index in [0.29, 0.717) is 6.61 Å². The number of alkyl carbamates (subject to hydrolysis) is 1. The van der Waals surface area contributed by atoms with Gasteiger partial charge in [0, 0.05) is 11.6 Å². The average molecular weight is 416 g/mol. The van der Waals surface area contributed by atoms with Gasteiger partial charge in [0.2, 0.25) is 0 Å². The number of carbonyl (C=O) groups excluding carboxylic acids is 1. The summed E-state index contributed by atoms with van der Waals surface area (Å²) >= 11 is 3.45. The molecule has 1 atom stereocenters. The molecule has 1 N–H and O–H groups in total. The summed E-state index contributed by atoms with van der Waals surface area (Å²) in [5, 5.41) is 3.03. The van der Waals surface area contributed by atoms with E-state index in [2.05, 4.69) is 33.4 Å². The van der Waals surface area contributed by atoms with E-state index in [1.165, 1.54) is 5.56 Å². The zero-order valence-corrected chi connectivity index (χ0v) is 17.4. The second kappa shape index (κ2) is 10.1. The van der Waals surface area contributed by atoms with Crippen LogP contribution in [0.25, 0.3) is 0 Å². The molecular formula is C19H30BrNO4. The van der Waals surface area contributed by atoms with E-state index in [9.17, 15) is 4.79 Å². The summed E-state index contributed by atoms with van der Waals surface area (Å²) in [6, 6.07) is 8.19. The Labute approximate surface area is 159 Å². The predicted molar refractivity (Wildman–Crippen MR) is 103 cm³/mol. The van der Waals surface area contributed by atoms with Gasteiger partial charge in [-0.15, -0.1) is 0 Å². The van der Waals surface area contributed by atoms with E-state index in [1.807, 2.05) is 39.8 Å². The van der Waals surface area contributed by atoms with Crippen LogP contribution in [0.1, 0.15) is 46.1 Å². The van der Waals surface area contributed by atoms with Gasteiger partial charge < -0.3 is 19.5 Å². The molecule has 1 unspecified atom stereocenters. The zero-order chi connectivity index (χ0) is 18.9. The lowest BCUT2D eigenvalue weighted by Gasteiger charge is -2.34. The molecule has 1 aromatic carbocycles. The smallest absolute Gasteiger partial charge is 0.408 e. The number of carbonyl (C=O) groups is 1. The second-order valence-electron chi connectivity index (χ2n) is 7.14. The van der Waals surface area contributed by atoms with Gasteiger partial charge in [-0.3, -0.25) is 0 Å². The number of benzene rings is 1. The minimum Gasteiger partial charge on any atom is -0.444 e. The highest BCUT2D eigenvalue weighted by molar-refractivity contribution is 9.10. The van der Waals surface area contributed by atoms with Gasteiger partial charge in [-0.1, -0.05) is 35.0 Å². The molecule has 0 heterocycles. The number of rotatable bonds is 9. The molecule has 0 aliphatic carbocycles. The van der Waals surface area contributed by atoms with Crippen LogP contribution in [0.2, 0.25) is 0 Å². The van der Waals surface area contributed by atoms with Crippen molar-refractivity contribution in [3.8, 4) is 0 Å². The fraction of sp³-hybridized carbons (Fsp3) is 0.632. The van der Waals surface area contributed by atoms with Crippen molar-refractivity contribution in [3.63, 3.8) is 0 Å². The molecule has 5 nitrogen and oxygen atoms in total. The van der Waals surface area contributed by atoms with E-state index in [-0.39, 0.29) is 6.79 Å². The topological polar surface area (TPSA) is 56.8 Å². The maximum absolute atomic E-state index is 12.3. The normalized spacial score (nSPS) is 14.0. The van der Waals surface area contributed by atoms with E-state index in [4.69, 9.17) is 14.2 Å². The van der Waals surface area contributed by atoms with Crippen molar-refractivity contribution in [1.29, 1.82) is 0 Å². The van der Waals surface area contributed by atoms with Gasteiger partial charge in [0.1, 0.15) is 12.4 Å². The molecule has 0 aliphatic rings. The molecule has 0 fully saturated rings. The number of methoxy groups -OCH3 is 1. The Hall–Kier alpha value is -1.11. The Morgan fingerprint density at radius 2 is 1.84 bits per heavy atom. The van der Waals surface area contributed by atoms with Crippen LogP contribution >= 0.6 is 15.9 Å². The fourth-order valence-electron chi connectivity index (χ4n) is 2.41. The molecule has 6 heteroatoms. The third-order valence-electron chi connectivity index (χ3n) is 3.83. The molecule has 25 heavy (non-hydrogen) atoms. The van der Waals surface area contributed by atoms with Gasteiger partial charge in [-0.05, 0) is 57.7 Å². The molecule has 1 amide bonds. The standard InChI is InChI=1S/C19H30BrNO4/c1-6-19(13-24-14-23-5,21-17(22)25-18(2,3)4)12-11-15-7-9-16(20)10-8-15/h7-10H,6,11-14H2,1-5H3,(H,21,22). The SMILES string of the molecule is CCC(CCc1ccc(Br)cc1)(COCOC)NC(=O)OC(C)(C)C. The Kier molecular flexibility index (Phi) is 8.89. The quantitative estimate of drug-likeness (QED) is 0.469. The van der Waals surface area contributed by atoms with Crippen LogP contribution in [0.15, 0.2) is 28.7 Å². The van der Waals surface area contributed by atoms with Crippen LogP contribution < -0.4 is 5.32 Å². The van der Waals surface area contributed by atoms with Gasteiger partial charge >= 0.3 is 6.09 Å². The molecule has 0 spiro atoms. The first-order chi connectivity index (χ1) is 11.7. The van der Waals surface area contributed by atoms with E-state index < -0.39 is 17.2 Å². The van der Waals surface area contributed by atoms with Crippen LogP contribution in [0.4, 0.5) is 4.79 Å². The molecule has 1 rings (SSSR count). The van der Waals surface area contributed by atoms with Crippen molar-refractivity contribution in [2.24, 2.45) is 0 Å². The van der Waals surface area contributed by atoms with E-state index in [0.717, 1.165) is 23.7 Å². The van der Waals surface area contributed by atoms with E-state index in [1.54, 1.807) is 7.11 Å². The lowest BCUT2D eigenvalue weighted by atomic mass is 9.89. The molecular weight excluding hydrogens is 386 g/mol. The molecule has 0 aliphatic heterocycles. The minimum atomic E-state index is -0.539. The number of halogens is 1. The summed E-state index contributed by atoms with van der Waals surface area (Å²) in [6.07, 6.45) is 1.87. The summed E-state index contributed by atoms with van der Waals surface area (Å²) in [6.45, 7) is 8.15. The highest BCUT2D eigenvalue weighted by atomic mass is 79.9. The number of hydrogen-bond donors (Lipinski definition) is 1. The number of aryl methyl sites for hydroxylation is 1. The summed E-state index contributed by atoms with van der Waals surface area (Å²) < 4.78 is 17.0. The molecule has 0 bridgehead atoms. The first-order valence-corrected chi connectivity index (χ1v) is 9.31. The summed E-state index contributed by atoms with van der Waals surface area (Å²) in [4.78, 5) is 12.3. The molecule has 0 radical (unpaired) electrons. The van der Waals surface area contributed by atoms with Crippen molar-refractivity contribution in [3.05, 3.63) is 34.3 Å². The third kappa shape index (κ3) is 8.70. The maximum Gasteiger partial charge on any atom is 0.408 e. The van der Waals surface area contributed by atoms with Gasteiger partial charge in [0.05, 0.1) is 12.1 Å². The second-order valence-corrected chi connectivity index (χ2v) is 8.06. The van der Waals surface area contributed by atoms with Gasteiger partial charge in [-0.2, -0.15) is 0 Å². The van der Waals surface area contributed by atoms with Crippen LogP contribution in [-0.4, -0.2) is 37.7 Å². The number of hydrogen-bond acceptors (Lipinski definition) is 4. The first kappa shape index (κ1) is 21.9. The summed E-state index contributed by atoms with van der Waals surface area (Å²) in [5.74, 6) is 0. The van der Waals surface area contributed by atoms with Crippen molar-refractivity contribution < 1.29 is 19.0 Å². The largest absolute Gasteiger partial charge is 0.444 e. The maximum atomic E-state index is 12.3. The third-order valence-corrected chi connectivity index (χ3v) is 4.36. The Morgan fingerprint density at radius 1 is 1.20 bits per heavy atom. The monoisotopic (exact) mass is 415 g/mol. The molecule has 1 aromatic rings. The van der Waals surface area contributed by atoms with Crippen molar-refractivity contribution in [1.82, 2.24) is 5.32 Å². The van der Waals surface area contributed by atoms with Gasteiger partial charge in [-0.25, -0.2) is 4.79 Å². The Balaban J connectivity index is 2.80. The van der Waals surface area contributed by atoms with Crippen molar-refractivity contribution in [2.45, 2.75) is 58.1 Å². The lowest BCUT2D eigenvalue weighted by Crippen LogP contribution is -2.53. The highest BCUT2D eigenvalue weighted by Gasteiger charge is 2.32. The predicted octanol–water partition coefficient (Wildman–Crippen LogP) is 4.68. The molecule has 0 aromatic heterocycles. The van der Waals surface area contributed by atoms with Crippen LogP contribution in [0.3, 0.4) is 0 Å². The first-order valence-electron chi connectivity index (χ1n) is 8.52. The number of amides is 1. The zero-order valence-electron chi connectivity index (χ0n) is 15.9. The summed E-state index contributed by atoms with van der Waals surface area (Å²) in [5.41, 5.74) is 0.162. The Morgan fingerprint density at radius 3 is 2.36 bits per heavy atom. The van der Waals surface area contributed by atoms with Crippen molar-refractivity contribution in [2.75, 3.05) is 20.5 Å². The molecule has 0 saturated heterocycles. The van der Waals surface area contributed by atoms with Crippen LogP contribution in [-0.2, 0) is 20.6 Å². The van der Waals surface area contributed by atoms with Crippen LogP contribution in [0, 0.1) is 0 Å². The lowest BCUT2D eigenvalue weighted by molar-refractivity contribution is -0.0568. The summed E-state index contributed by atoms with van der Waals surface area (Å²) in [7, 11) is 1.58. The fourth-order valence-corrected chi connectivity index (χ4v) is 2.68. The average Bonchev–Trinajstić information content (AvgIpc) is 2.52. The number of nitrogens with one attached hydrogen (secondary N) is 1. The number of ether oxygens (including phenoxy) is 3. The minimum absolute atomic E-state index is 0.191.